The van der Waals surface area contributed by atoms with E-state index in [0.717, 1.165) is 12.8 Å². The van der Waals surface area contributed by atoms with E-state index in [0.29, 0.717) is 18.7 Å². The van der Waals surface area contributed by atoms with Crippen LogP contribution in [0.3, 0.4) is 0 Å². The second-order valence-electron chi connectivity index (χ2n) is 6.08. The summed E-state index contributed by atoms with van der Waals surface area (Å²) in [5.41, 5.74) is -0.798. The molecule has 2 aromatic carbocycles. The van der Waals surface area contributed by atoms with E-state index in [9.17, 15) is 27.2 Å². The zero-order chi connectivity index (χ0) is 19.6. The lowest BCUT2D eigenvalue weighted by molar-refractivity contribution is -0.140. The van der Waals surface area contributed by atoms with Gasteiger partial charge in [-0.3, -0.25) is 4.79 Å². The van der Waals surface area contributed by atoms with Crippen LogP contribution in [-0.2, 0) is 9.53 Å². The van der Waals surface area contributed by atoms with Gasteiger partial charge in [-0.25, -0.2) is 22.4 Å². The van der Waals surface area contributed by atoms with Crippen LogP contribution >= 0.6 is 0 Å². The van der Waals surface area contributed by atoms with Crippen LogP contribution in [0.5, 0.6) is 0 Å². The lowest BCUT2D eigenvalue weighted by Crippen LogP contribution is -2.35. The van der Waals surface area contributed by atoms with Gasteiger partial charge in [-0.2, -0.15) is 0 Å². The van der Waals surface area contributed by atoms with Gasteiger partial charge in [-0.1, -0.05) is 30.3 Å². The summed E-state index contributed by atoms with van der Waals surface area (Å²) in [6.07, 6.45) is 0.182. The van der Waals surface area contributed by atoms with Crippen LogP contribution in [0.15, 0.2) is 36.4 Å². The second-order valence-corrected chi connectivity index (χ2v) is 6.08. The van der Waals surface area contributed by atoms with Crippen LogP contribution in [0, 0.1) is 23.3 Å². The lowest BCUT2D eigenvalue weighted by atomic mass is 10.1. The molecule has 1 unspecified atom stereocenters. The molecular weight excluding hydrogens is 366 g/mol. The second kappa shape index (κ2) is 7.77. The predicted octanol–water partition coefficient (Wildman–Crippen LogP) is 3.76. The minimum Gasteiger partial charge on any atom is -0.444 e. The van der Waals surface area contributed by atoms with Crippen molar-refractivity contribution in [2.24, 2.45) is 0 Å². The van der Waals surface area contributed by atoms with Crippen molar-refractivity contribution in [1.29, 1.82) is 0 Å². The molecular formula is C19H15F4NO3. The van der Waals surface area contributed by atoms with Gasteiger partial charge in [-0.15, -0.1) is 0 Å². The van der Waals surface area contributed by atoms with Gasteiger partial charge in [0.05, 0.1) is 0 Å². The number of halogens is 4. The van der Waals surface area contributed by atoms with Gasteiger partial charge in [0.15, 0.2) is 23.3 Å². The molecule has 1 atom stereocenters. The number of nitrogens with zero attached hydrogens (tertiary/aromatic N) is 1. The standard InChI is InChI=1S/C19H15F4NO3/c20-13-10-12(14(21)16(23)15(13)22)19(26)27-17(11-6-2-1-3-7-11)18(25)24-8-4-5-9-24/h1-3,6-7,10,17H,4-5,8-9H2. The molecule has 0 spiro atoms. The first-order valence-corrected chi connectivity index (χ1v) is 8.28. The molecule has 2 aromatic rings. The van der Waals surface area contributed by atoms with Crippen LogP contribution in [0.4, 0.5) is 17.6 Å². The zero-order valence-electron chi connectivity index (χ0n) is 14.1. The number of amides is 1. The molecule has 0 radical (unpaired) electrons. The first kappa shape index (κ1) is 18.9. The molecule has 1 saturated heterocycles. The fraction of sp³-hybridized carbons (Fsp3) is 0.263. The lowest BCUT2D eigenvalue weighted by Gasteiger charge is -2.23. The maximum absolute atomic E-state index is 13.9. The molecule has 1 amide bonds. The van der Waals surface area contributed by atoms with E-state index in [2.05, 4.69) is 0 Å². The highest BCUT2D eigenvalue weighted by Crippen LogP contribution is 2.26. The minimum absolute atomic E-state index is 0.207. The van der Waals surface area contributed by atoms with Gasteiger partial charge in [0, 0.05) is 18.7 Å². The smallest absolute Gasteiger partial charge is 0.342 e. The molecule has 8 heteroatoms. The van der Waals surface area contributed by atoms with Crippen molar-refractivity contribution < 1.29 is 31.9 Å². The summed E-state index contributed by atoms with van der Waals surface area (Å²) in [5.74, 6) is -9.74. The fourth-order valence-corrected chi connectivity index (χ4v) is 2.88. The van der Waals surface area contributed by atoms with Crippen molar-refractivity contribution in [1.82, 2.24) is 4.90 Å². The highest BCUT2D eigenvalue weighted by molar-refractivity contribution is 5.93. The third-order valence-electron chi connectivity index (χ3n) is 4.29. The van der Waals surface area contributed by atoms with Crippen molar-refractivity contribution in [2.75, 3.05) is 13.1 Å². The predicted molar refractivity (Wildman–Crippen MR) is 86.7 cm³/mol. The molecule has 3 rings (SSSR count). The molecule has 27 heavy (non-hydrogen) atoms. The number of rotatable bonds is 4. The van der Waals surface area contributed by atoms with Crippen LogP contribution < -0.4 is 0 Å². The van der Waals surface area contributed by atoms with Gasteiger partial charge in [0.2, 0.25) is 6.10 Å². The number of benzene rings is 2. The van der Waals surface area contributed by atoms with Crippen molar-refractivity contribution in [3.8, 4) is 0 Å². The molecule has 0 bridgehead atoms. The fourth-order valence-electron chi connectivity index (χ4n) is 2.88. The van der Waals surface area contributed by atoms with Crippen molar-refractivity contribution in [3.05, 3.63) is 70.8 Å². The summed E-state index contributed by atoms with van der Waals surface area (Å²) in [6, 6.07) is 8.20. The monoisotopic (exact) mass is 381 g/mol. The Morgan fingerprint density at radius 1 is 0.926 bits per heavy atom. The normalized spacial score (nSPS) is 14.9. The summed E-state index contributed by atoms with van der Waals surface area (Å²) >= 11 is 0. The van der Waals surface area contributed by atoms with Crippen molar-refractivity contribution >= 4 is 11.9 Å². The van der Waals surface area contributed by atoms with Crippen LogP contribution in [-0.4, -0.2) is 29.9 Å². The summed E-state index contributed by atoms with van der Waals surface area (Å²) in [6.45, 7) is 0.960. The van der Waals surface area contributed by atoms with Gasteiger partial charge in [0.25, 0.3) is 5.91 Å². The molecule has 1 fully saturated rings. The minimum atomic E-state index is -2.12. The third-order valence-corrected chi connectivity index (χ3v) is 4.29. The number of hydrogen-bond donors (Lipinski definition) is 0. The summed E-state index contributed by atoms with van der Waals surface area (Å²) in [7, 11) is 0. The van der Waals surface area contributed by atoms with Crippen molar-refractivity contribution in [2.45, 2.75) is 18.9 Å². The van der Waals surface area contributed by atoms with E-state index in [1.54, 1.807) is 18.2 Å². The Labute approximate surface area is 152 Å². The van der Waals surface area contributed by atoms with E-state index < -0.39 is 46.8 Å². The Kier molecular flexibility index (Phi) is 5.43. The molecule has 142 valence electrons. The maximum Gasteiger partial charge on any atom is 0.342 e. The average Bonchev–Trinajstić information content (AvgIpc) is 3.22. The number of hydrogen-bond acceptors (Lipinski definition) is 3. The van der Waals surface area contributed by atoms with E-state index in [4.69, 9.17) is 4.74 Å². The highest BCUT2D eigenvalue weighted by Gasteiger charge is 2.33. The number of esters is 1. The van der Waals surface area contributed by atoms with Crippen molar-refractivity contribution in [3.63, 3.8) is 0 Å². The highest BCUT2D eigenvalue weighted by atomic mass is 19.2. The summed E-state index contributed by atoms with van der Waals surface area (Å²) in [4.78, 5) is 26.5. The first-order valence-electron chi connectivity index (χ1n) is 8.28. The van der Waals surface area contributed by atoms with E-state index in [1.165, 1.54) is 17.0 Å². The Morgan fingerprint density at radius 2 is 1.56 bits per heavy atom. The SMILES string of the molecule is O=C(OC(C(=O)N1CCCC1)c1ccccc1)c1cc(F)c(F)c(F)c1F. The molecule has 4 nitrogen and oxygen atoms in total. The van der Waals surface area contributed by atoms with E-state index >= 15 is 0 Å². The zero-order valence-corrected chi connectivity index (χ0v) is 14.1. The molecule has 0 saturated carbocycles. The Hall–Kier alpha value is -2.90. The molecule has 1 heterocycles. The first-order chi connectivity index (χ1) is 12.9. The Balaban J connectivity index is 1.92. The quantitative estimate of drug-likeness (QED) is 0.351. The largest absolute Gasteiger partial charge is 0.444 e. The number of carbonyl (C=O) groups excluding carboxylic acids is 2. The van der Waals surface area contributed by atoms with Crippen LogP contribution in [0.25, 0.3) is 0 Å². The van der Waals surface area contributed by atoms with Gasteiger partial charge >= 0.3 is 5.97 Å². The van der Waals surface area contributed by atoms with Gasteiger partial charge in [0.1, 0.15) is 5.56 Å². The number of ether oxygens (including phenoxy) is 1. The number of likely N-dealkylation sites (tertiary alicyclic amines) is 1. The average molecular weight is 381 g/mol. The van der Waals surface area contributed by atoms with E-state index in [1.807, 2.05) is 0 Å². The molecule has 1 aliphatic heterocycles. The van der Waals surface area contributed by atoms with E-state index in [-0.39, 0.29) is 6.07 Å². The maximum atomic E-state index is 13.9. The third kappa shape index (κ3) is 3.79. The summed E-state index contributed by atoms with van der Waals surface area (Å²) < 4.78 is 58.8. The summed E-state index contributed by atoms with van der Waals surface area (Å²) in [5, 5.41) is 0. The molecule has 1 aliphatic rings. The van der Waals surface area contributed by atoms with Crippen LogP contribution in [0.2, 0.25) is 0 Å². The molecule has 0 aliphatic carbocycles. The number of carbonyl (C=O) groups is 2. The van der Waals surface area contributed by atoms with Gasteiger partial charge < -0.3 is 9.64 Å². The van der Waals surface area contributed by atoms with Gasteiger partial charge in [-0.05, 0) is 18.9 Å². The van der Waals surface area contributed by atoms with Crippen LogP contribution in [0.1, 0.15) is 34.9 Å². The topological polar surface area (TPSA) is 46.6 Å². The molecule has 0 aromatic heterocycles. The molecule has 0 N–H and O–H groups in total. The Bertz CT molecular complexity index is 867. The Morgan fingerprint density at radius 3 is 2.19 bits per heavy atom.